The number of hydrogen-bond acceptors (Lipinski definition) is 6. The summed E-state index contributed by atoms with van der Waals surface area (Å²) < 4.78 is 13.0. The van der Waals surface area contributed by atoms with Crippen molar-refractivity contribution in [2.24, 2.45) is 4.99 Å². The van der Waals surface area contributed by atoms with Gasteiger partial charge in [0.2, 0.25) is 0 Å². The van der Waals surface area contributed by atoms with Gasteiger partial charge in [-0.05, 0) is 18.6 Å². The fourth-order valence-electron chi connectivity index (χ4n) is 2.96. The third-order valence-electron chi connectivity index (χ3n) is 4.54. The van der Waals surface area contributed by atoms with Crippen LogP contribution in [0.15, 0.2) is 35.6 Å². The number of ether oxygens (including phenoxy) is 2. The van der Waals surface area contributed by atoms with Gasteiger partial charge >= 0.3 is 5.69 Å². The Bertz CT molecular complexity index is 866. The molecule has 1 aliphatic rings. The van der Waals surface area contributed by atoms with Crippen molar-refractivity contribution in [2.45, 2.75) is 32.5 Å². The molecule has 1 aliphatic heterocycles. The van der Waals surface area contributed by atoms with E-state index in [1.165, 1.54) is 17.1 Å². The van der Waals surface area contributed by atoms with E-state index in [-0.39, 0.29) is 35.8 Å². The molecule has 0 aliphatic carbocycles. The first kappa shape index (κ1) is 23.9. The predicted octanol–water partition coefficient (Wildman–Crippen LogP) is 2.25. The third-order valence-corrected chi connectivity index (χ3v) is 4.54. The Kier molecular flexibility index (Phi) is 9.30. The minimum atomic E-state index is -0.462. The quantitative estimate of drug-likeness (QED) is 0.177. The van der Waals surface area contributed by atoms with Crippen LogP contribution in [0.25, 0.3) is 0 Å². The minimum Gasteiger partial charge on any atom is -0.488 e. The lowest BCUT2D eigenvalue weighted by molar-refractivity contribution is -0.385. The Balaban J connectivity index is 0.00000320. The zero-order valence-electron chi connectivity index (χ0n) is 17.0. The van der Waals surface area contributed by atoms with E-state index in [2.05, 4.69) is 26.8 Å². The average Bonchev–Trinajstić information content (AvgIpc) is 3.38. The summed E-state index contributed by atoms with van der Waals surface area (Å²) in [6.45, 7) is 4.95. The van der Waals surface area contributed by atoms with Crippen molar-refractivity contribution in [2.75, 3.05) is 26.8 Å². The highest BCUT2D eigenvalue weighted by atomic mass is 127. The number of aromatic nitrogens is 2. The van der Waals surface area contributed by atoms with E-state index in [1.54, 1.807) is 7.05 Å². The van der Waals surface area contributed by atoms with Crippen LogP contribution < -0.4 is 15.4 Å². The van der Waals surface area contributed by atoms with Gasteiger partial charge in [-0.15, -0.1) is 24.0 Å². The molecule has 10 nitrogen and oxygen atoms in total. The molecule has 1 aromatic carbocycles. The summed E-state index contributed by atoms with van der Waals surface area (Å²) in [7, 11) is 1.69. The van der Waals surface area contributed by atoms with Crippen molar-refractivity contribution in [3.63, 3.8) is 0 Å². The van der Waals surface area contributed by atoms with Crippen molar-refractivity contribution in [1.82, 2.24) is 20.4 Å². The van der Waals surface area contributed by atoms with Gasteiger partial charge in [0.1, 0.15) is 24.2 Å². The van der Waals surface area contributed by atoms with Crippen molar-refractivity contribution >= 4 is 35.6 Å². The number of benzene rings is 1. The highest BCUT2D eigenvalue weighted by molar-refractivity contribution is 14.0. The van der Waals surface area contributed by atoms with Crippen LogP contribution in [0.3, 0.4) is 0 Å². The summed E-state index contributed by atoms with van der Waals surface area (Å²) in [5.74, 6) is 1.48. The highest BCUT2D eigenvalue weighted by Gasteiger charge is 2.18. The van der Waals surface area contributed by atoms with E-state index in [0.717, 1.165) is 29.9 Å². The fourth-order valence-corrected chi connectivity index (χ4v) is 2.96. The first-order valence-corrected chi connectivity index (χ1v) is 9.50. The van der Waals surface area contributed by atoms with E-state index in [4.69, 9.17) is 9.47 Å². The number of hydrogen-bond donors (Lipinski definition) is 2. The number of nitrogens with zero attached hydrogens (tertiary/aromatic N) is 4. The molecule has 1 unspecified atom stereocenters. The van der Waals surface area contributed by atoms with E-state index in [1.807, 2.05) is 19.1 Å². The summed E-state index contributed by atoms with van der Waals surface area (Å²) in [6.07, 6.45) is 3.63. The Morgan fingerprint density at radius 1 is 1.47 bits per heavy atom. The zero-order chi connectivity index (χ0) is 20.6. The number of halogens is 1. The second-order valence-corrected chi connectivity index (χ2v) is 6.79. The molecule has 1 aromatic heterocycles. The normalized spacial score (nSPS) is 16.1. The maximum absolute atomic E-state index is 10.7. The van der Waals surface area contributed by atoms with Crippen LogP contribution in [-0.4, -0.2) is 53.6 Å². The molecule has 2 heterocycles. The molecule has 1 fully saturated rings. The van der Waals surface area contributed by atoms with Gasteiger partial charge in [-0.2, -0.15) is 5.10 Å². The van der Waals surface area contributed by atoms with E-state index in [0.29, 0.717) is 32.2 Å². The number of guanidine groups is 1. The van der Waals surface area contributed by atoms with Gasteiger partial charge in [0.05, 0.1) is 24.7 Å². The number of aliphatic imine (C=N–C) groups is 1. The average molecular weight is 530 g/mol. The molecule has 0 amide bonds. The van der Waals surface area contributed by atoms with Gasteiger partial charge in [-0.3, -0.25) is 19.8 Å². The van der Waals surface area contributed by atoms with Gasteiger partial charge in [0, 0.05) is 32.1 Å². The van der Waals surface area contributed by atoms with Crippen LogP contribution >= 0.6 is 24.0 Å². The van der Waals surface area contributed by atoms with Gasteiger partial charge in [-0.1, -0.05) is 12.1 Å². The second-order valence-electron chi connectivity index (χ2n) is 6.79. The summed E-state index contributed by atoms with van der Waals surface area (Å²) in [4.78, 5) is 14.5. The highest BCUT2D eigenvalue weighted by Crippen LogP contribution is 2.23. The maximum atomic E-state index is 10.7. The molecule has 11 heteroatoms. The minimum absolute atomic E-state index is 0. The molecule has 164 valence electrons. The molecule has 1 atom stereocenters. The van der Waals surface area contributed by atoms with Crippen molar-refractivity contribution in [3.8, 4) is 5.75 Å². The van der Waals surface area contributed by atoms with E-state index >= 15 is 0 Å². The summed E-state index contributed by atoms with van der Waals surface area (Å²) in [5.41, 5.74) is 2.15. The van der Waals surface area contributed by atoms with Crippen molar-refractivity contribution in [1.29, 1.82) is 0 Å². The summed E-state index contributed by atoms with van der Waals surface area (Å²) in [6, 6.07) is 6.13. The molecular formula is C19H27IN6O4. The number of rotatable bonds is 8. The van der Waals surface area contributed by atoms with Crippen LogP contribution in [0.1, 0.15) is 17.5 Å². The van der Waals surface area contributed by atoms with Gasteiger partial charge in [-0.25, -0.2) is 0 Å². The molecule has 0 bridgehead atoms. The lowest BCUT2D eigenvalue weighted by Crippen LogP contribution is -2.38. The number of nitro groups is 1. The van der Waals surface area contributed by atoms with Crippen molar-refractivity contribution < 1.29 is 14.4 Å². The second kappa shape index (κ2) is 11.7. The smallest absolute Gasteiger partial charge is 0.306 e. The number of aryl methyl sites for hydroxylation is 1. The zero-order valence-corrected chi connectivity index (χ0v) is 19.4. The van der Waals surface area contributed by atoms with E-state index < -0.39 is 4.92 Å². The summed E-state index contributed by atoms with van der Waals surface area (Å²) in [5, 5.41) is 21.1. The predicted molar refractivity (Wildman–Crippen MR) is 124 cm³/mol. The van der Waals surface area contributed by atoms with Crippen LogP contribution in [0, 0.1) is 17.0 Å². The molecule has 30 heavy (non-hydrogen) atoms. The molecule has 0 saturated carbocycles. The molecule has 0 radical (unpaired) electrons. The summed E-state index contributed by atoms with van der Waals surface area (Å²) >= 11 is 0. The lowest BCUT2D eigenvalue weighted by atomic mass is 10.1. The standard InChI is InChI=1S/C19H26N6O4.HI/c1-14-3-4-15(18(9-14)29-17-5-8-28-13-17)10-22-19(20-2)21-6-7-24-12-16(11-23-24)25(26)27;/h3-4,9,11-12,17H,5-8,10,13H2,1-2H3,(H2,20,21,22);1H. The first-order valence-electron chi connectivity index (χ1n) is 9.50. The molecular weight excluding hydrogens is 503 g/mol. The fraction of sp³-hybridized carbons (Fsp3) is 0.474. The number of nitrogens with one attached hydrogen (secondary N) is 2. The monoisotopic (exact) mass is 530 g/mol. The Morgan fingerprint density at radius 3 is 2.97 bits per heavy atom. The van der Waals surface area contributed by atoms with Crippen LogP contribution in [0.2, 0.25) is 0 Å². The van der Waals surface area contributed by atoms with Crippen molar-refractivity contribution in [3.05, 3.63) is 51.8 Å². The Morgan fingerprint density at radius 2 is 2.30 bits per heavy atom. The maximum Gasteiger partial charge on any atom is 0.306 e. The van der Waals surface area contributed by atoms with Crippen LogP contribution in [0.5, 0.6) is 5.75 Å². The first-order chi connectivity index (χ1) is 14.0. The van der Waals surface area contributed by atoms with Crippen LogP contribution in [-0.2, 0) is 17.8 Å². The Hall–Kier alpha value is -2.41. The van der Waals surface area contributed by atoms with Gasteiger partial charge < -0.3 is 20.1 Å². The molecule has 1 saturated heterocycles. The van der Waals surface area contributed by atoms with Crippen LogP contribution in [0.4, 0.5) is 5.69 Å². The van der Waals surface area contributed by atoms with E-state index in [9.17, 15) is 10.1 Å². The lowest BCUT2D eigenvalue weighted by Gasteiger charge is -2.18. The molecule has 2 N–H and O–H groups in total. The SMILES string of the molecule is CN=C(NCCn1cc([N+](=O)[O-])cn1)NCc1ccc(C)cc1OC1CCOC1.I. The Labute approximate surface area is 192 Å². The largest absolute Gasteiger partial charge is 0.488 e. The van der Waals surface area contributed by atoms with Gasteiger partial charge in [0.25, 0.3) is 0 Å². The van der Waals surface area contributed by atoms with Gasteiger partial charge in [0.15, 0.2) is 5.96 Å². The molecule has 2 aromatic rings. The molecule has 3 rings (SSSR count). The third kappa shape index (κ3) is 6.83. The molecule has 0 spiro atoms. The topological polar surface area (TPSA) is 116 Å².